The number of thioether (sulfide) groups is 1. The third kappa shape index (κ3) is 3.10. The third-order valence-corrected chi connectivity index (χ3v) is 7.62. The number of hydrogen-bond acceptors (Lipinski definition) is 7. The highest BCUT2D eigenvalue weighted by Gasteiger charge is 2.51. The summed E-state index contributed by atoms with van der Waals surface area (Å²) in [7, 11) is 1.57. The molecule has 2 N–H and O–H groups in total. The molecule has 2 aliphatic heterocycles. The summed E-state index contributed by atoms with van der Waals surface area (Å²) in [5.41, 5.74) is 1.40. The van der Waals surface area contributed by atoms with E-state index in [0.717, 1.165) is 21.8 Å². The fraction of sp³-hybridized carbons (Fsp3) is 0.190. The van der Waals surface area contributed by atoms with Crippen molar-refractivity contribution in [2.45, 2.75) is 16.2 Å². The van der Waals surface area contributed by atoms with Gasteiger partial charge in [-0.2, -0.15) is 0 Å². The van der Waals surface area contributed by atoms with Crippen LogP contribution in [0.1, 0.15) is 16.4 Å². The lowest BCUT2D eigenvalue weighted by Crippen LogP contribution is -2.46. The second kappa shape index (κ2) is 7.33. The lowest BCUT2D eigenvalue weighted by Gasteiger charge is -2.38. The number of amides is 1. The second-order valence-corrected chi connectivity index (χ2v) is 9.09. The van der Waals surface area contributed by atoms with Crippen molar-refractivity contribution >= 4 is 40.7 Å². The summed E-state index contributed by atoms with van der Waals surface area (Å²) in [6.07, 6.45) is 0. The molecule has 1 aromatic heterocycles. The van der Waals surface area contributed by atoms with E-state index in [1.54, 1.807) is 43.5 Å². The number of fused-ring (bicyclic) bond motifs is 5. The molecule has 0 fully saturated rings. The number of thiazole rings is 1. The van der Waals surface area contributed by atoms with Gasteiger partial charge in [-0.25, -0.2) is 0 Å². The van der Waals surface area contributed by atoms with Crippen LogP contribution in [0.15, 0.2) is 58.4 Å². The molecule has 0 bridgehead atoms. The Hall–Kier alpha value is -3.04. The highest BCUT2D eigenvalue weighted by atomic mass is 32.2. The largest absolute Gasteiger partial charge is 0.497 e. The molecule has 1 amide bonds. The van der Waals surface area contributed by atoms with Crippen molar-refractivity contribution in [3.05, 3.63) is 68.6 Å². The van der Waals surface area contributed by atoms with Gasteiger partial charge in [0.2, 0.25) is 5.91 Å². The summed E-state index contributed by atoms with van der Waals surface area (Å²) in [6.45, 7) is 0. The van der Waals surface area contributed by atoms with Crippen LogP contribution < -0.4 is 19.7 Å². The Bertz CT molecular complexity index is 1200. The van der Waals surface area contributed by atoms with E-state index < -0.39 is 23.1 Å². The van der Waals surface area contributed by atoms with Crippen molar-refractivity contribution in [3.8, 4) is 11.5 Å². The SMILES string of the molecule is COc1ccc(NC(=O)[C@@H]2Sc3[nH]c(=O)sc3[C@@H]3c4ccccc4OC(=O)[C@@H]32)cc1. The van der Waals surface area contributed by atoms with E-state index in [1.807, 2.05) is 12.1 Å². The van der Waals surface area contributed by atoms with Crippen molar-refractivity contribution < 1.29 is 19.1 Å². The van der Waals surface area contributed by atoms with E-state index in [1.165, 1.54) is 11.8 Å². The van der Waals surface area contributed by atoms with Gasteiger partial charge in [0.05, 0.1) is 18.1 Å². The van der Waals surface area contributed by atoms with E-state index in [0.29, 0.717) is 22.2 Å². The molecule has 2 aliphatic rings. The number of esters is 1. The van der Waals surface area contributed by atoms with Crippen LogP contribution >= 0.6 is 23.1 Å². The van der Waals surface area contributed by atoms with Crippen LogP contribution in [0.25, 0.3) is 0 Å². The molecule has 5 rings (SSSR count). The number of benzene rings is 2. The van der Waals surface area contributed by atoms with E-state index >= 15 is 0 Å². The molecule has 0 unspecified atom stereocenters. The summed E-state index contributed by atoms with van der Waals surface area (Å²) in [5, 5.41) is 2.74. The minimum absolute atomic E-state index is 0.209. The minimum Gasteiger partial charge on any atom is -0.497 e. The van der Waals surface area contributed by atoms with Gasteiger partial charge in [-0.3, -0.25) is 14.4 Å². The molecule has 0 aliphatic carbocycles. The maximum Gasteiger partial charge on any atom is 0.317 e. The van der Waals surface area contributed by atoms with Crippen LogP contribution in [-0.2, 0) is 9.59 Å². The van der Waals surface area contributed by atoms with E-state index in [2.05, 4.69) is 10.3 Å². The molecule has 3 aromatic rings. The minimum atomic E-state index is -0.754. The van der Waals surface area contributed by atoms with Gasteiger partial charge in [0, 0.05) is 22.0 Å². The van der Waals surface area contributed by atoms with Crippen molar-refractivity contribution in [1.82, 2.24) is 4.98 Å². The lowest BCUT2D eigenvalue weighted by atomic mass is 9.80. The summed E-state index contributed by atoms with van der Waals surface area (Å²) in [4.78, 5) is 41.6. The number of hydrogen-bond donors (Lipinski definition) is 2. The van der Waals surface area contributed by atoms with Crippen LogP contribution in [0.3, 0.4) is 0 Å². The number of rotatable bonds is 3. The number of methoxy groups -OCH3 is 1. The quantitative estimate of drug-likeness (QED) is 0.479. The van der Waals surface area contributed by atoms with E-state index in [4.69, 9.17) is 9.47 Å². The van der Waals surface area contributed by atoms with Gasteiger partial charge >= 0.3 is 10.8 Å². The molecule has 0 radical (unpaired) electrons. The normalized spacial score (nSPS) is 21.6. The van der Waals surface area contributed by atoms with Crippen molar-refractivity contribution in [3.63, 3.8) is 0 Å². The predicted octanol–water partition coefficient (Wildman–Crippen LogP) is 3.23. The molecule has 3 heterocycles. The fourth-order valence-corrected chi connectivity index (χ4v) is 6.32. The van der Waals surface area contributed by atoms with Crippen LogP contribution in [0.2, 0.25) is 0 Å². The zero-order chi connectivity index (χ0) is 20.8. The predicted molar refractivity (Wildman–Crippen MR) is 114 cm³/mol. The number of ether oxygens (including phenoxy) is 2. The average molecular weight is 441 g/mol. The highest BCUT2D eigenvalue weighted by Crippen LogP contribution is 2.53. The van der Waals surface area contributed by atoms with Gasteiger partial charge in [0.25, 0.3) is 0 Å². The molecule has 2 aromatic carbocycles. The fourth-order valence-electron chi connectivity index (χ4n) is 3.86. The Labute approximate surface area is 179 Å². The number of H-pyrrole nitrogens is 1. The van der Waals surface area contributed by atoms with Gasteiger partial charge in [0.1, 0.15) is 16.7 Å². The first-order valence-corrected chi connectivity index (χ1v) is 10.9. The molecule has 7 nitrogen and oxygen atoms in total. The molecule has 152 valence electrons. The van der Waals surface area contributed by atoms with Crippen LogP contribution in [0, 0.1) is 5.92 Å². The number of carbonyl (C=O) groups is 2. The molecule has 0 saturated heterocycles. The second-order valence-electron chi connectivity index (χ2n) is 6.93. The first-order valence-electron chi connectivity index (χ1n) is 9.20. The Morgan fingerprint density at radius 1 is 1.13 bits per heavy atom. The number of aromatic amines is 1. The Kier molecular flexibility index (Phi) is 4.63. The maximum absolute atomic E-state index is 13.2. The molecule has 0 spiro atoms. The smallest absolute Gasteiger partial charge is 0.317 e. The number of para-hydroxylation sites is 1. The molecule has 9 heteroatoms. The maximum atomic E-state index is 13.2. The van der Waals surface area contributed by atoms with Gasteiger partial charge in [0.15, 0.2) is 0 Å². The number of aromatic nitrogens is 1. The average Bonchev–Trinajstić information content (AvgIpc) is 3.13. The van der Waals surface area contributed by atoms with Gasteiger partial charge in [-0.15, -0.1) is 0 Å². The molecular weight excluding hydrogens is 424 g/mol. The summed E-state index contributed by atoms with van der Waals surface area (Å²) >= 11 is 2.27. The molecule has 3 atom stereocenters. The Morgan fingerprint density at radius 3 is 2.67 bits per heavy atom. The zero-order valence-corrected chi connectivity index (χ0v) is 17.3. The van der Waals surface area contributed by atoms with E-state index in [9.17, 15) is 14.4 Å². The van der Waals surface area contributed by atoms with Crippen LogP contribution in [0.5, 0.6) is 11.5 Å². The zero-order valence-electron chi connectivity index (χ0n) is 15.7. The number of nitrogens with one attached hydrogen (secondary N) is 2. The summed E-state index contributed by atoms with van der Waals surface area (Å²) in [6, 6.07) is 14.2. The third-order valence-electron chi connectivity index (χ3n) is 5.21. The van der Waals surface area contributed by atoms with Crippen LogP contribution in [-0.4, -0.2) is 29.2 Å². The van der Waals surface area contributed by atoms with Crippen molar-refractivity contribution in [2.75, 3.05) is 12.4 Å². The topological polar surface area (TPSA) is 97.5 Å². The molecular formula is C21H16N2O5S2. The van der Waals surface area contributed by atoms with Crippen molar-refractivity contribution in [2.24, 2.45) is 5.92 Å². The van der Waals surface area contributed by atoms with Crippen LogP contribution in [0.4, 0.5) is 5.69 Å². The first-order chi connectivity index (χ1) is 14.5. The van der Waals surface area contributed by atoms with Gasteiger partial charge < -0.3 is 19.8 Å². The summed E-state index contributed by atoms with van der Waals surface area (Å²) < 4.78 is 10.7. The van der Waals surface area contributed by atoms with Gasteiger partial charge in [-0.1, -0.05) is 41.3 Å². The Morgan fingerprint density at radius 2 is 1.90 bits per heavy atom. The van der Waals surface area contributed by atoms with Gasteiger partial charge in [-0.05, 0) is 30.3 Å². The van der Waals surface area contributed by atoms with E-state index in [-0.39, 0.29) is 10.8 Å². The Balaban J connectivity index is 1.54. The standard InChI is InChI=1S/C21H16N2O5S2/c1-27-11-8-6-10(7-9-11)22-18(24)16-15-14(17-19(29-16)23-21(26)30-17)12-4-2-3-5-13(12)28-20(15)25/h2-9,14-16H,1H3,(H,22,24)(H,23,26)/t14-,15+,16-/m1/s1. The summed E-state index contributed by atoms with van der Waals surface area (Å²) in [5.74, 6) is -0.789. The van der Waals surface area contributed by atoms with Crippen molar-refractivity contribution in [1.29, 1.82) is 0 Å². The lowest BCUT2D eigenvalue weighted by molar-refractivity contribution is -0.142. The number of carbonyl (C=O) groups excluding carboxylic acids is 2. The number of anilines is 1. The first kappa shape index (κ1) is 19.0. The highest BCUT2D eigenvalue weighted by molar-refractivity contribution is 8.00. The molecule has 30 heavy (non-hydrogen) atoms. The monoisotopic (exact) mass is 440 g/mol. The molecule has 0 saturated carbocycles.